The van der Waals surface area contributed by atoms with Crippen molar-refractivity contribution in [2.24, 2.45) is 5.92 Å². The molecule has 1 aliphatic rings. The Kier molecular flexibility index (Phi) is 7.58. The summed E-state index contributed by atoms with van der Waals surface area (Å²) in [5.74, 6) is 2.50. The number of nitrogens with zero attached hydrogens (tertiary/aromatic N) is 3. The molecule has 0 aliphatic heterocycles. The SMILES string of the molecule is COc1ccc(-c2nnc(SCC(=O)N[C@H](C)C(C)C)n2C2CCCCC2)cc1. The molecular formula is C22H32N4O2S. The van der Waals surface area contributed by atoms with Gasteiger partial charge in [0.05, 0.1) is 12.9 Å². The number of thioether (sulfide) groups is 1. The average Bonchev–Trinajstić information content (AvgIpc) is 3.16. The molecule has 1 saturated carbocycles. The first kappa shape index (κ1) is 21.7. The summed E-state index contributed by atoms with van der Waals surface area (Å²) >= 11 is 1.48. The van der Waals surface area contributed by atoms with E-state index in [0.29, 0.717) is 17.7 Å². The van der Waals surface area contributed by atoms with Crippen LogP contribution < -0.4 is 10.1 Å². The van der Waals surface area contributed by atoms with Crippen molar-refractivity contribution in [3.05, 3.63) is 24.3 Å². The zero-order valence-electron chi connectivity index (χ0n) is 17.9. The van der Waals surface area contributed by atoms with Gasteiger partial charge in [-0.15, -0.1) is 10.2 Å². The van der Waals surface area contributed by atoms with Crippen LogP contribution in [0.5, 0.6) is 5.75 Å². The normalized spacial score (nSPS) is 16.0. The van der Waals surface area contributed by atoms with Crippen LogP contribution in [0.15, 0.2) is 29.4 Å². The Morgan fingerprint density at radius 3 is 2.48 bits per heavy atom. The van der Waals surface area contributed by atoms with Gasteiger partial charge in [-0.1, -0.05) is 44.9 Å². The highest BCUT2D eigenvalue weighted by molar-refractivity contribution is 7.99. The fraction of sp³-hybridized carbons (Fsp3) is 0.591. The molecule has 2 aromatic rings. The molecule has 158 valence electrons. The van der Waals surface area contributed by atoms with Gasteiger partial charge >= 0.3 is 0 Å². The average molecular weight is 417 g/mol. The smallest absolute Gasteiger partial charge is 0.230 e. The number of carbonyl (C=O) groups is 1. The number of amides is 1. The standard InChI is InChI=1S/C22H32N4O2S/c1-15(2)16(3)23-20(27)14-29-22-25-24-21(17-10-12-19(28-4)13-11-17)26(22)18-8-6-5-7-9-18/h10-13,15-16,18H,5-9,14H2,1-4H3,(H,23,27)/t16-/m1/s1. The topological polar surface area (TPSA) is 69.0 Å². The van der Waals surface area contributed by atoms with Crippen molar-refractivity contribution in [1.82, 2.24) is 20.1 Å². The van der Waals surface area contributed by atoms with Crippen molar-refractivity contribution in [1.29, 1.82) is 0 Å². The highest BCUT2D eigenvalue weighted by Gasteiger charge is 2.24. The summed E-state index contributed by atoms with van der Waals surface area (Å²) in [5.41, 5.74) is 1.02. The Balaban J connectivity index is 1.81. The number of hydrogen-bond acceptors (Lipinski definition) is 5. The maximum atomic E-state index is 12.4. The van der Waals surface area contributed by atoms with Gasteiger partial charge in [0.25, 0.3) is 0 Å². The molecule has 0 saturated heterocycles. The predicted molar refractivity (Wildman–Crippen MR) is 117 cm³/mol. The van der Waals surface area contributed by atoms with Crippen molar-refractivity contribution < 1.29 is 9.53 Å². The van der Waals surface area contributed by atoms with E-state index < -0.39 is 0 Å². The van der Waals surface area contributed by atoms with Gasteiger partial charge < -0.3 is 10.1 Å². The lowest BCUT2D eigenvalue weighted by Crippen LogP contribution is -2.37. The molecule has 29 heavy (non-hydrogen) atoms. The monoisotopic (exact) mass is 416 g/mol. The number of hydrogen-bond donors (Lipinski definition) is 1. The van der Waals surface area contributed by atoms with Gasteiger partial charge in [-0.05, 0) is 49.9 Å². The molecule has 1 atom stereocenters. The Morgan fingerprint density at radius 1 is 1.17 bits per heavy atom. The number of ether oxygens (including phenoxy) is 1. The summed E-state index contributed by atoms with van der Waals surface area (Å²) in [6.45, 7) is 6.26. The van der Waals surface area contributed by atoms with Crippen molar-refractivity contribution in [3.8, 4) is 17.1 Å². The molecule has 1 fully saturated rings. The number of nitrogens with one attached hydrogen (secondary N) is 1. The number of methoxy groups -OCH3 is 1. The molecule has 0 unspecified atom stereocenters. The van der Waals surface area contributed by atoms with Crippen LogP contribution in [0.25, 0.3) is 11.4 Å². The van der Waals surface area contributed by atoms with Crippen LogP contribution >= 0.6 is 11.8 Å². The molecule has 1 aromatic carbocycles. The van der Waals surface area contributed by atoms with E-state index in [1.807, 2.05) is 31.2 Å². The predicted octanol–water partition coefficient (Wildman–Crippen LogP) is 4.71. The van der Waals surface area contributed by atoms with E-state index in [9.17, 15) is 4.79 Å². The van der Waals surface area contributed by atoms with E-state index >= 15 is 0 Å². The minimum Gasteiger partial charge on any atom is -0.497 e. The van der Waals surface area contributed by atoms with E-state index in [1.54, 1.807) is 7.11 Å². The van der Waals surface area contributed by atoms with Crippen LogP contribution in [0.1, 0.15) is 58.9 Å². The third kappa shape index (κ3) is 5.53. The lowest BCUT2D eigenvalue weighted by molar-refractivity contribution is -0.119. The summed E-state index contributed by atoms with van der Waals surface area (Å²) in [4.78, 5) is 12.4. The number of aromatic nitrogens is 3. The second-order valence-corrected chi connectivity index (χ2v) is 9.03. The van der Waals surface area contributed by atoms with Crippen LogP contribution in [-0.2, 0) is 4.79 Å². The van der Waals surface area contributed by atoms with Crippen molar-refractivity contribution in [2.45, 2.75) is 70.1 Å². The summed E-state index contributed by atoms with van der Waals surface area (Å²) < 4.78 is 7.53. The van der Waals surface area contributed by atoms with E-state index in [1.165, 1.54) is 31.0 Å². The minimum absolute atomic E-state index is 0.0420. The Labute approximate surface area is 177 Å². The summed E-state index contributed by atoms with van der Waals surface area (Å²) in [5, 5.41) is 12.9. The largest absolute Gasteiger partial charge is 0.497 e. The third-order valence-corrected chi connectivity index (χ3v) is 6.62. The summed E-state index contributed by atoms with van der Waals surface area (Å²) in [7, 11) is 1.67. The van der Waals surface area contributed by atoms with Crippen molar-refractivity contribution in [2.75, 3.05) is 12.9 Å². The van der Waals surface area contributed by atoms with Gasteiger partial charge in [0.2, 0.25) is 5.91 Å². The lowest BCUT2D eigenvalue weighted by atomic mass is 9.95. The van der Waals surface area contributed by atoms with E-state index in [-0.39, 0.29) is 11.9 Å². The van der Waals surface area contributed by atoms with Gasteiger partial charge in [-0.25, -0.2) is 0 Å². The highest BCUT2D eigenvalue weighted by atomic mass is 32.2. The van der Waals surface area contributed by atoms with E-state index in [0.717, 1.165) is 35.1 Å². The van der Waals surface area contributed by atoms with Gasteiger partial charge in [0.15, 0.2) is 11.0 Å². The summed E-state index contributed by atoms with van der Waals surface area (Å²) in [6, 6.07) is 8.48. The van der Waals surface area contributed by atoms with E-state index in [2.05, 4.69) is 33.9 Å². The van der Waals surface area contributed by atoms with Gasteiger partial charge in [-0.3, -0.25) is 9.36 Å². The van der Waals surface area contributed by atoms with Crippen LogP contribution in [0.4, 0.5) is 0 Å². The van der Waals surface area contributed by atoms with Gasteiger partial charge in [-0.2, -0.15) is 0 Å². The molecular weight excluding hydrogens is 384 g/mol. The molecule has 6 nitrogen and oxygen atoms in total. The first-order valence-corrected chi connectivity index (χ1v) is 11.5. The maximum Gasteiger partial charge on any atom is 0.230 e. The zero-order valence-corrected chi connectivity index (χ0v) is 18.7. The highest BCUT2D eigenvalue weighted by Crippen LogP contribution is 2.35. The molecule has 1 aromatic heterocycles. The van der Waals surface area contributed by atoms with Crippen LogP contribution in [-0.4, -0.2) is 39.6 Å². The van der Waals surface area contributed by atoms with Gasteiger partial charge in [0.1, 0.15) is 5.75 Å². The first-order chi connectivity index (χ1) is 14.0. The Bertz CT molecular complexity index is 798. The molecule has 0 spiro atoms. The fourth-order valence-corrected chi connectivity index (χ4v) is 4.39. The Hall–Kier alpha value is -2.02. The maximum absolute atomic E-state index is 12.4. The second-order valence-electron chi connectivity index (χ2n) is 8.09. The molecule has 1 N–H and O–H groups in total. The van der Waals surface area contributed by atoms with Crippen LogP contribution in [0.3, 0.4) is 0 Å². The minimum atomic E-state index is 0.0420. The number of benzene rings is 1. The Morgan fingerprint density at radius 2 is 1.86 bits per heavy atom. The fourth-order valence-electron chi connectivity index (χ4n) is 3.57. The quantitative estimate of drug-likeness (QED) is 0.631. The van der Waals surface area contributed by atoms with Crippen molar-refractivity contribution in [3.63, 3.8) is 0 Å². The lowest BCUT2D eigenvalue weighted by Gasteiger charge is -2.25. The first-order valence-electron chi connectivity index (χ1n) is 10.5. The van der Waals surface area contributed by atoms with Gasteiger partial charge in [0, 0.05) is 17.6 Å². The molecule has 1 heterocycles. The van der Waals surface area contributed by atoms with Crippen molar-refractivity contribution >= 4 is 17.7 Å². The molecule has 0 bridgehead atoms. The molecule has 7 heteroatoms. The second kappa shape index (κ2) is 10.1. The number of rotatable bonds is 8. The molecule has 1 amide bonds. The summed E-state index contributed by atoms with van der Waals surface area (Å²) in [6.07, 6.45) is 5.99. The zero-order chi connectivity index (χ0) is 20.8. The van der Waals surface area contributed by atoms with E-state index in [4.69, 9.17) is 4.74 Å². The van der Waals surface area contributed by atoms with Crippen LogP contribution in [0.2, 0.25) is 0 Å². The van der Waals surface area contributed by atoms with Crippen LogP contribution in [0, 0.1) is 5.92 Å². The molecule has 1 aliphatic carbocycles. The molecule has 0 radical (unpaired) electrons. The third-order valence-electron chi connectivity index (χ3n) is 5.67. The molecule has 3 rings (SSSR count). The number of carbonyl (C=O) groups excluding carboxylic acids is 1.